The van der Waals surface area contributed by atoms with Gasteiger partial charge in [-0.15, -0.1) is 11.3 Å². The number of amides is 2. The van der Waals surface area contributed by atoms with Crippen LogP contribution in [0, 0.1) is 6.92 Å². The van der Waals surface area contributed by atoms with Gasteiger partial charge >= 0.3 is 0 Å². The largest absolute Gasteiger partial charge is 0.491 e. The first-order valence-corrected chi connectivity index (χ1v) is 10.5. The van der Waals surface area contributed by atoms with Crippen molar-refractivity contribution in [2.45, 2.75) is 26.9 Å². The third kappa shape index (κ3) is 6.06. The first-order valence-electron chi connectivity index (χ1n) is 9.62. The number of thiophene rings is 1. The van der Waals surface area contributed by atoms with Crippen molar-refractivity contribution in [2.24, 2.45) is 0 Å². The van der Waals surface area contributed by atoms with E-state index in [2.05, 4.69) is 10.6 Å². The summed E-state index contributed by atoms with van der Waals surface area (Å²) in [6, 6.07) is 18.1. The summed E-state index contributed by atoms with van der Waals surface area (Å²) in [5, 5.41) is 7.49. The molecular formula is C24H24N2O3S. The number of aryl methyl sites for hydroxylation is 1. The van der Waals surface area contributed by atoms with E-state index in [9.17, 15) is 9.59 Å². The maximum Gasteiger partial charge on any atom is 0.272 e. The van der Waals surface area contributed by atoms with Crippen LogP contribution in [-0.4, -0.2) is 17.9 Å². The molecule has 0 bridgehead atoms. The van der Waals surface area contributed by atoms with Crippen molar-refractivity contribution in [1.82, 2.24) is 5.32 Å². The quantitative estimate of drug-likeness (QED) is 0.513. The lowest BCUT2D eigenvalue weighted by molar-refractivity contribution is -0.113. The lowest BCUT2D eigenvalue weighted by Crippen LogP contribution is -2.30. The van der Waals surface area contributed by atoms with Gasteiger partial charge in [0.1, 0.15) is 11.4 Å². The first kappa shape index (κ1) is 21.3. The number of hydrogen-bond donors (Lipinski definition) is 2. The van der Waals surface area contributed by atoms with Gasteiger partial charge in [-0.2, -0.15) is 0 Å². The molecule has 30 heavy (non-hydrogen) atoms. The zero-order chi connectivity index (χ0) is 21.5. The van der Waals surface area contributed by atoms with Crippen molar-refractivity contribution in [3.63, 3.8) is 0 Å². The van der Waals surface area contributed by atoms with Crippen LogP contribution in [0.2, 0.25) is 0 Å². The van der Waals surface area contributed by atoms with E-state index in [1.807, 2.05) is 50.4 Å². The first-order chi connectivity index (χ1) is 14.4. The molecule has 0 aliphatic heterocycles. The molecule has 154 valence electrons. The van der Waals surface area contributed by atoms with E-state index in [1.165, 1.54) is 11.3 Å². The van der Waals surface area contributed by atoms with Crippen LogP contribution in [0.3, 0.4) is 0 Å². The molecule has 0 saturated heterocycles. The predicted octanol–water partition coefficient (Wildman–Crippen LogP) is 5.25. The Morgan fingerprint density at radius 3 is 2.43 bits per heavy atom. The van der Waals surface area contributed by atoms with E-state index in [1.54, 1.807) is 42.5 Å². The van der Waals surface area contributed by atoms with Gasteiger partial charge in [0.15, 0.2) is 0 Å². The summed E-state index contributed by atoms with van der Waals surface area (Å²) in [6.07, 6.45) is 1.74. The summed E-state index contributed by atoms with van der Waals surface area (Å²) in [5.41, 5.74) is 2.25. The molecule has 2 aromatic carbocycles. The van der Waals surface area contributed by atoms with Crippen LogP contribution >= 0.6 is 11.3 Å². The Bertz CT molecular complexity index is 1040. The maximum absolute atomic E-state index is 12.9. The lowest BCUT2D eigenvalue weighted by Gasteiger charge is -2.13. The third-order valence-electron chi connectivity index (χ3n) is 4.09. The zero-order valence-corrected chi connectivity index (χ0v) is 18.0. The number of benzene rings is 2. The van der Waals surface area contributed by atoms with Crippen LogP contribution in [0.1, 0.15) is 34.6 Å². The number of carbonyl (C=O) groups excluding carboxylic acids is 2. The molecule has 0 radical (unpaired) electrons. The van der Waals surface area contributed by atoms with Gasteiger partial charge in [0.05, 0.1) is 6.10 Å². The second kappa shape index (κ2) is 9.89. The van der Waals surface area contributed by atoms with Crippen molar-refractivity contribution in [3.05, 3.63) is 87.7 Å². The van der Waals surface area contributed by atoms with E-state index in [0.29, 0.717) is 11.3 Å². The van der Waals surface area contributed by atoms with E-state index >= 15 is 0 Å². The van der Waals surface area contributed by atoms with E-state index in [-0.39, 0.29) is 17.7 Å². The smallest absolute Gasteiger partial charge is 0.272 e. The minimum Gasteiger partial charge on any atom is -0.491 e. The molecule has 0 aliphatic carbocycles. The van der Waals surface area contributed by atoms with Gasteiger partial charge in [-0.1, -0.05) is 23.8 Å². The molecule has 0 aliphatic rings. The Morgan fingerprint density at radius 1 is 1.03 bits per heavy atom. The molecule has 0 unspecified atom stereocenters. The molecule has 0 atom stereocenters. The lowest BCUT2D eigenvalue weighted by atomic mass is 10.1. The van der Waals surface area contributed by atoms with Gasteiger partial charge in [0.2, 0.25) is 0 Å². The van der Waals surface area contributed by atoms with Crippen molar-refractivity contribution in [1.29, 1.82) is 0 Å². The minimum atomic E-state index is -0.401. The summed E-state index contributed by atoms with van der Waals surface area (Å²) in [5.74, 6) is -0.00984. The molecule has 5 nitrogen and oxygen atoms in total. The molecule has 1 heterocycles. The second-order valence-corrected chi connectivity index (χ2v) is 8.02. The van der Waals surface area contributed by atoms with Gasteiger partial charge in [-0.05, 0) is 74.7 Å². The number of hydrogen-bond acceptors (Lipinski definition) is 4. The molecule has 0 spiro atoms. The molecule has 1 aromatic heterocycles. The Labute approximate surface area is 180 Å². The standard InChI is InChI=1S/C24H24N2O3S/c1-16(2)29-20-11-9-19(10-12-20)25-24(28)22(15-21-8-5-13-30-21)26-23(27)18-7-4-6-17(3)14-18/h4-16H,1-3H3,(H,25,28)(H,26,27)/b22-15-. The number of carbonyl (C=O) groups is 2. The summed E-state index contributed by atoms with van der Waals surface area (Å²) in [4.78, 5) is 26.5. The number of rotatable bonds is 7. The summed E-state index contributed by atoms with van der Waals surface area (Å²) < 4.78 is 5.62. The van der Waals surface area contributed by atoms with Crippen molar-refractivity contribution in [3.8, 4) is 5.75 Å². The van der Waals surface area contributed by atoms with Crippen LogP contribution < -0.4 is 15.4 Å². The van der Waals surface area contributed by atoms with Gasteiger partial charge in [0, 0.05) is 16.1 Å². The van der Waals surface area contributed by atoms with E-state index < -0.39 is 5.91 Å². The summed E-state index contributed by atoms with van der Waals surface area (Å²) in [7, 11) is 0. The van der Waals surface area contributed by atoms with Gasteiger partial charge < -0.3 is 15.4 Å². The fraction of sp³-hybridized carbons (Fsp3) is 0.167. The highest BCUT2D eigenvalue weighted by Gasteiger charge is 2.15. The molecule has 6 heteroatoms. The summed E-state index contributed by atoms with van der Waals surface area (Å²) >= 11 is 1.48. The number of anilines is 1. The predicted molar refractivity (Wildman–Crippen MR) is 122 cm³/mol. The van der Waals surface area contributed by atoms with E-state index in [4.69, 9.17) is 4.74 Å². The Balaban J connectivity index is 1.78. The fourth-order valence-corrected chi connectivity index (χ4v) is 3.40. The fourth-order valence-electron chi connectivity index (χ4n) is 2.74. The molecule has 3 aromatic rings. The Kier molecular flexibility index (Phi) is 7.03. The third-order valence-corrected chi connectivity index (χ3v) is 4.91. The highest BCUT2D eigenvalue weighted by atomic mass is 32.1. The average molecular weight is 421 g/mol. The molecule has 2 amide bonds. The van der Waals surface area contributed by atoms with Crippen LogP contribution in [0.5, 0.6) is 5.75 Å². The van der Waals surface area contributed by atoms with Crippen LogP contribution in [0.15, 0.2) is 71.7 Å². The Hall–Kier alpha value is -3.38. The molecular weight excluding hydrogens is 396 g/mol. The zero-order valence-electron chi connectivity index (χ0n) is 17.1. The summed E-state index contributed by atoms with van der Waals surface area (Å²) in [6.45, 7) is 5.82. The highest BCUT2D eigenvalue weighted by molar-refractivity contribution is 7.10. The van der Waals surface area contributed by atoms with Crippen LogP contribution in [0.4, 0.5) is 5.69 Å². The van der Waals surface area contributed by atoms with E-state index in [0.717, 1.165) is 16.2 Å². The molecule has 0 fully saturated rings. The van der Waals surface area contributed by atoms with Crippen molar-refractivity contribution < 1.29 is 14.3 Å². The van der Waals surface area contributed by atoms with Gasteiger partial charge in [-0.25, -0.2) is 0 Å². The normalized spacial score (nSPS) is 11.3. The molecule has 2 N–H and O–H groups in total. The average Bonchev–Trinajstić information content (AvgIpc) is 3.21. The topological polar surface area (TPSA) is 67.4 Å². The maximum atomic E-state index is 12.9. The Morgan fingerprint density at radius 2 is 1.80 bits per heavy atom. The van der Waals surface area contributed by atoms with Crippen LogP contribution in [-0.2, 0) is 4.79 Å². The molecule has 3 rings (SSSR count). The second-order valence-electron chi connectivity index (χ2n) is 7.04. The van der Waals surface area contributed by atoms with Gasteiger partial charge in [-0.3, -0.25) is 9.59 Å². The minimum absolute atomic E-state index is 0.0719. The van der Waals surface area contributed by atoms with Crippen molar-refractivity contribution in [2.75, 3.05) is 5.32 Å². The van der Waals surface area contributed by atoms with Crippen molar-refractivity contribution >= 4 is 34.9 Å². The SMILES string of the molecule is Cc1cccc(C(=O)N/C(=C\c2cccs2)C(=O)Nc2ccc(OC(C)C)cc2)c1. The highest BCUT2D eigenvalue weighted by Crippen LogP contribution is 2.19. The monoisotopic (exact) mass is 420 g/mol. The number of ether oxygens (including phenoxy) is 1. The molecule has 0 saturated carbocycles. The number of nitrogens with one attached hydrogen (secondary N) is 2. The van der Waals surface area contributed by atoms with Gasteiger partial charge in [0.25, 0.3) is 11.8 Å². The van der Waals surface area contributed by atoms with Crippen LogP contribution in [0.25, 0.3) is 6.08 Å².